The lowest BCUT2D eigenvalue weighted by Crippen LogP contribution is -2.60. The van der Waals surface area contributed by atoms with Gasteiger partial charge in [0, 0.05) is 0 Å². The predicted molar refractivity (Wildman–Crippen MR) is 131 cm³/mol. The van der Waals surface area contributed by atoms with E-state index in [0.29, 0.717) is 14.7 Å². The van der Waals surface area contributed by atoms with Crippen molar-refractivity contribution in [2.75, 3.05) is 13.2 Å². The fourth-order valence-corrected chi connectivity index (χ4v) is 5.70. The van der Waals surface area contributed by atoms with Crippen LogP contribution in [0.15, 0.2) is 93.5 Å². The van der Waals surface area contributed by atoms with Crippen LogP contribution in [0.5, 0.6) is 11.5 Å². The van der Waals surface area contributed by atoms with E-state index in [1.165, 1.54) is 36.4 Å². The Morgan fingerprint density at radius 3 is 1.50 bits per heavy atom. The van der Waals surface area contributed by atoms with Crippen LogP contribution in [0.4, 0.5) is 39.5 Å². The van der Waals surface area contributed by atoms with Gasteiger partial charge in [-0.1, -0.05) is 18.2 Å². The van der Waals surface area contributed by atoms with Crippen LogP contribution < -0.4 is 9.47 Å². The summed E-state index contributed by atoms with van der Waals surface area (Å²) in [4.78, 5) is 1.78. The van der Waals surface area contributed by atoms with Gasteiger partial charge in [-0.3, -0.25) is 4.55 Å². The number of hydrogen-bond donors (Lipinski definition) is 2. The van der Waals surface area contributed by atoms with Gasteiger partial charge in [-0.2, -0.15) is 43.5 Å². The fourth-order valence-electron chi connectivity index (χ4n) is 3.25. The van der Waals surface area contributed by atoms with Gasteiger partial charge in [0.25, 0.3) is 5.60 Å². The fraction of sp³-hybridized carbons (Fsp3) is 0.280. The molecule has 3 rings (SSSR count). The van der Waals surface area contributed by atoms with Crippen molar-refractivity contribution in [1.82, 2.24) is 0 Å². The summed E-state index contributed by atoms with van der Waals surface area (Å²) in [5, 5.41) is 4.18. The maximum Gasteiger partial charge on any atom is 0.429 e. The predicted octanol–water partition coefficient (Wildman–Crippen LogP) is 6.21. The van der Waals surface area contributed by atoms with E-state index in [2.05, 4.69) is 4.74 Å². The first-order valence-electron chi connectivity index (χ1n) is 11.4. The minimum absolute atomic E-state index is 0.130. The lowest BCUT2D eigenvalue weighted by Gasteiger charge is -2.31. The van der Waals surface area contributed by atoms with E-state index in [1.54, 1.807) is 30.3 Å². The van der Waals surface area contributed by atoms with Gasteiger partial charge in [0.1, 0.15) is 24.7 Å². The molecule has 0 aliphatic carbocycles. The summed E-state index contributed by atoms with van der Waals surface area (Å²) in [5.41, 5.74) is -5.10. The van der Waals surface area contributed by atoms with Gasteiger partial charge in [0.05, 0.1) is 10.9 Å². The zero-order chi connectivity index (χ0) is 31.6. The molecule has 0 aliphatic rings. The number of ether oxygens (including phenoxy) is 2. The quantitative estimate of drug-likeness (QED) is 0.146. The van der Waals surface area contributed by atoms with Crippen LogP contribution in [0, 0.1) is 0 Å². The van der Waals surface area contributed by atoms with Crippen molar-refractivity contribution >= 4 is 21.0 Å². The van der Waals surface area contributed by atoms with Crippen molar-refractivity contribution in [1.29, 1.82) is 0 Å². The molecule has 0 fully saturated rings. The standard InChI is InChI=1S/C25H19F9O6S2/c26-21(23(27,28)42(36,37)38)14-39-16-6-10-19(11-7-16)41(18-4-2-1-3-5-18)20-12-8-17(9-13-20)40-15-22(35,24(29,30)31)25(32,33)34/h1-13,21,35H,14-15H2/p+1. The summed E-state index contributed by atoms with van der Waals surface area (Å²) in [7, 11) is -6.97. The van der Waals surface area contributed by atoms with Gasteiger partial charge in [-0.15, -0.1) is 0 Å². The summed E-state index contributed by atoms with van der Waals surface area (Å²) in [5.74, 6) is -0.525. The Morgan fingerprint density at radius 2 is 1.10 bits per heavy atom. The van der Waals surface area contributed by atoms with Crippen LogP contribution in [0.25, 0.3) is 0 Å². The van der Waals surface area contributed by atoms with Crippen LogP contribution in [-0.2, 0) is 21.0 Å². The maximum atomic E-state index is 13.7. The third kappa shape index (κ3) is 7.25. The molecular formula is C25H20F9O6S2+. The number of halogens is 9. The molecule has 230 valence electrons. The zero-order valence-corrected chi connectivity index (χ0v) is 22.4. The van der Waals surface area contributed by atoms with E-state index in [0.717, 1.165) is 12.1 Å². The largest absolute Gasteiger partial charge is 0.490 e. The normalized spacial score (nSPS) is 14.7. The van der Waals surface area contributed by atoms with Gasteiger partial charge in [0.2, 0.25) is 6.17 Å². The lowest BCUT2D eigenvalue weighted by atomic mass is 10.0. The van der Waals surface area contributed by atoms with Crippen molar-refractivity contribution in [2.45, 2.75) is 44.1 Å². The number of alkyl halides is 9. The highest BCUT2D eigenvalue weighted by molar-refractivity contribution is 7.97. The maximum absolute atomic E-state index is 13.7. The molecule has 0 aliphatic heterocycles. The first kappa shape index (κ1) is 33.4. The molecule has 0 spiro atoms. The van der Waals surface area contributed by atoms with Crippen molar-refractivity contribution in [3.05, 3.63) is 78.9 Å². The van der Waals surface area contributed by atoms with Gasteiger partial charge in [-0.25, -0.2) is 4.39 Å². The zero-order valence-electron chi connectivity index (χ0n) is 20.7. The molecule has 2 N–H and O–H groups in total. The first-order valence-corrected chi connectivity index (χ1v) is 14.0. The summed E-state index contributed by atoms with van der Waals surface area (Å²) < 4.78 is 157. The summed E-state index contributed by atoms with van der Waals surface area (Å²) in [6, 6.07) is 19.0. The van der Waals surface area contributed by atoms with Crippen LogP contribution in [0.2, 0.25) is 0 Å². The molecule has 2 unspecified atom stereocenters. The molecule has 0 saturated heterocycles. The minimum Gasteiger partial charge on any atom is -0.490 e. The Hall–Kier alpha value is -3.15. The van der Waals surface area contributed by atoms with Crippen molar-refractivity contribution in [3.63, 3.8) is 0 Å². The molecule has 42 heavy (non-hydrogen) atoms. The smallest absolute Gasteiger partial charge is 0.429 e. The van der Waals surface area contributed by atoms with Gasteiger partial charge in [-0.05, 0) is 60.7 Å². The SMILES string of the molecule is O=S(=O)(O)C(F)(F)C(F)COc1ccc([S+](c2ccccc2)c2ccc(OCC(O)(C(F)(F)F)C(F)(F)F)cc2)cc1. The van der Waals surface area contributed by atoms with Crippen LogP contribution >= 0.6 is 0 Å². The van der Waals surface area contributed by atoms with Crippen molar-refractivity contribution < 1.29 is 67.1 Å². The average molecular weight is 652 g/mol. The summed E-state index contributed by atoms with van der Waals surface area (Å²) in [6.07, 6.45) is -15.5. The minimum atomic E-state index is -6.05. The Morgan fingerprint density at radius 1 is 0.690 bits per heavy atom. The molecule has 6 nitrogen and oxygen atoms in total. The second-order valence-corrected chi connectivity index (χ2v) is 12.0. The van der Waals surface area contributed by atoms with E-state index >= 15 is 0 Å². The molecule has 0 radical (unpaired) electrons. The summed E-state index contributed by atoms with van der Waals surface area (Å²) in [6.45, 7) is -3.54. The first-order chi connectivity index (χ1) is 19.3. The molecule has 0 saturated carbocycles. The van der Waals surface area contributed by atoms with E-state index in [9.17, 15) is 53.0 Å². The number of rotatable bonds is 11. The van der Waals surface area contributed by atoms with Crippen LogP contribution in [-0.4, -0.2) is 60.7 Å². The van der Waals surface area contributed by atoms with E-state index < -0.39 is 69.4 Å². The van der Waals surface area contributed by atoms with Crippen molar-refractivity contribution in [3.8, 4) is 11.5 Å². The van der Waals surface area contributed by atoms with Gasteiger partial charge < -0.3 is 14.6 Å². The van der Waals surface area contributed by atoms with Crippen LogP contribution in [0.3, 0.4) is 0 Å². The Labute approximate surface area is 235 Å². The number of hydrogen-bond acceptors (Lipinski definition) is 5. The van der Waals surface area contributed by atoms with E-state index in [1.807, 2.05) is 0 Å². The molecule has 0 amide bonds. The summed E-state index contributed by atoms with van der Waals surface area (Å²) >= 11 is 0. The Bertz CT molecular complexity index is 1420. The molecule has 2 atom stereocenters. The third-order valence-corrected chi connectivity index (χ3v) is 8.76. The molecular weight excluding hydrogens is 631 g/mol. The molecule has 0 bridgehead atoms. The average Bonchev–Trinajstić information content (AvgIpc) is 2.90. The molecule has 17 heteroatoms. The van der Waals surface area contributed by atoms with Gasteiger partial charge >= 0.3 is 27.7 Å². The molecule has 0 aromatic heterocycles. The highest BCUT2D eigenvalue weighted by Crippen LogP contribution is 2.43. The van der Waals surface area contributed by atoms with Crippen LogP contribution in [0.1, 0.15) is 0 Å². The van der Waals surface area contributed by atoms with Crippen molar-refractivity contribution in [2.24, 2.45) is 0 Å². The molecule has 0 heterocycles. The molecule has 3 aromatic carbocycles. The monoisotopic (exact) mass is 651 g/mol. The topological polar surface area (TPSA) is 93.1 Å². The second kappa shape index (κ2) is 12.2. The van der Waals surface area contributed by atoms with Gasteiger partial charge in [0.15, 0.2) is 14.7 Å². The highest BCUT2D eigenvalue weighted by Gasteiger charge is 2.71. The highest BCUT2D eigenvalue weighted by atomic mass is 32.2. The van der Waals surface area contributed by atoms with E-state index in [-0.39, 0.29) is 5.75 Å². The third-order valence-electron chi connectivity index (χ3n) is 5.59. The Kier molecular flexibility index (Phi) is 9.71. The van der Waals surface area contributed by atoms with E-state index in [4.69, 9.17) is 9.29 Å². The Balaban J connectivity index is 1.82. The number of benzene rings is 3. The number of aliphatic hydroxyl groups is 1. The molecule has 3 aromatic rings. The second-order valence-electron chi connectivity index (χ2n) is 8.52. The lowest BCUT2D eigenvalue weighted by molar-refractivity contribution is -0.373.